The minimum atomic E-state index is -1.51. The van der Waals surface area contributed by atoms with Crippen molar-refractivity contribution in [1.82, 2.24) is 4.90 Å². The highest BCUT2D eigenvalue weighted by molar-refractivity contribution is 6.18. The van der Waals surface area contributed by atoms with Gasteiger partial charge in [-0.05, 0) is 0 Å². The normalized spacial score (nSPS) is 16.6. The first-order chi connectivity index (χ1) is 8.53. The van der Waals surface area contributed by atoms with E-state index in [1.807, 2.05) is 0 Å². The van der Waals surface area contributed by atoms with Gasteiger partial charge in [-0.3, -0.25) is 4.90 Å². The third kappa shape index (κ3) is 7.92. The lowest BCUT2D eigenvalue weighted by Crippen LogP contribution is -2.57. The van der Waals surface area contributed by atoms with E-state index in [4.69, 9.17) is 28.3 Å². The van der Waals surface area contributed by atoms with Crippen LogP contribution >= 0.6 is 35.6 Å². The Labute approximate surface area is 133 Å². The maximum Gasteiger partial charge on any atom is 0.150 e. The second-order valence-electron chi connectivity index (χ2n) is 3.77. The molecule has 0 heterocycles. The summed E-state index contributed by atoms with van der Waals surface area (Å²) in [5.41, 5.74) is 0. The van der Waals surface area contributed by atoms with Crippen LogP contribution in [0.1, 0.15) is 0 Å². The Morgan fingerprint density at radius 2 is 1.55 bits per heavy atom. The van der Waals surface area contributed by atoms with Crippen molar-refractivity contribution in [3.8, 4) is 0 Å². The van der Waals surface area contributed by atoms with Crippen molar-refractivity contribution in [2.45, 2.75) is 24.4 Å². The van der Waals surface area contributed by atoms with E-state index in [2.05, 4.69) is 0 Å². The van der Waals surface area contributed by atoms with Gasteiger partial charge in [-0.25, -0.2) is 0 Å². The van der Waals surface area contributed by atoms with Gasteiger partial charge >= 0.3 is 0 Å². The molecule has 4 atom stereocenters. The summed E-state index contributed by atoms with van der Waals surface area (Å²) < 4.78 is 0. The van der Waals surface area contributed by atoms with E-state index in [0.717, 1.165) is 0 Å². The summed E-state index contributed by atoms with van der Waals surface area (Å²) in [7, 11) is 0. The Bertz CT molecular complexity index is 233. The highest BCUT2D eigenvalue weighted by atomic mass is 35.5. The van der Waals surface area contributed by atoms with Crippen LogP contribution in [0.5, 0.6) is 0 Å². The third-order valence-corrected chi connectivity index (χ3v) is 2.92. The lowest BCUT2D eigenvalue weighted by molar-refractivity contribution is -0.127. The van der Waals surface area contributed by atoms with E-state index in [1.165, 1.54) is 4.90 Å². The molecule has 0 aromatic heterocycles. The van der Waals surface area contributed by atoms with Gasteiger partial charge in [-0.1, -0.05) is 0 Å². The molecule has 0 fully saturated rings. The predicted octanol–water partition coefficient (Wildman–Crippen LogP) is -1.99. The molecule has 0 spiro atoms. The Morgan fingerprint density at radius 3 is 1.85 bits per heavy atom. The zero-order valence-electron chi connectivity index (χ0n) is 10.7. The van der Waals surface area contributed by atoms with Gasteiger partial charge in [0.2, 0.25) is 0 Å². The van der Waals surface area contributed by atoms with Gasteiger partial charge in [0.25, 0.3) is 0 Å². The summed E-state index contributed by atoms with van der Waals surface area (Å²) in [6.07, 6.45) is -4.19. The number of rotatable bonds is 10. The number of aliphatic hydroxyl groups excluding tert-OH is 4. The van der Waals surface area contributed by atoms with Gasteiger partial charge in [-0.15, -0.1) is 35.6 Å². The zero-order chi connectivity index (χ0) is 14.1. The van der Waals surface area contributed by atoms with E-state index in [1.54, 1.807) is 0 Å². The topological polar surface area (TPSA) is 133 Å². The standard InChI is InChI=1S/C10H19Cl2NO5.ClH.H2O/c11-1-3-13(4-2-12)9(7(16)5-14)10(18)8(17)6-15;;/h5,7-10,15-18H,1-4,6H2;1H;1H2/t7-,8+,9-,10+;;/m0../s1. The average molecular weight is 359 g/mol. The van der Waals surface area contributed by atoms with Gasteiger partial charge in [0.1, 0.15) is 24.6 Å². The van der Waals surface area contributed by atoms with Crippen LogP contribution < -0.4 is 0 Å². The smallest absolute Gasteiger partial charge is 0.150 e. The lowest BCUT2D eigenvalue weighted by Gasteiger charge is -2.36. The number of carbonyl (C=O) groups excluding carboxylic acids is 1. The van der Waals surface area contributed by atoms with E-state index in [0.29, 0.717) is 0 Å². The van der Waals surface area contributed by atoms with Crippen LogP contribution in [0.25, 0.3) is 0 Å². The highest BCUT2D eigenvalue weighted by Gasteiger charge is 2.35. The Kier molecular flexibility index (Phi) is 18.0. The highest BCUT2D eigenvalue weighted by Crippen LogP contribution is 2.13. The number of hydrogen-bond donors (Lipinski definition) is 4. The van der Waals surface area contributed by atoms with Crippen molar-refractivity contribution in [3.05, 3.63) is 0 Å². The number of halogens is 3. The first-order valence-electron chi connectivity index (χ1n) is 5.49. The number of hydrogen-bond acceptors (Lipinski definition) is 6. The summed E-state index contributed by atoms with van der Waals surface area (Å²) in [6.45, 7) is -0.128. The molecule has 10 heteroatoms. The molecule has 0 rings (SSSR count). The van der Waals surface area contributed by atoms with Crippen LogP contribution in [-0.2, 0) is 4.79 Å². The van der Waals surface area contributed by atoms with E-state index >= 15 is 0 Å². The SMILES string of the molecule is Cl.O.O=C[C@H](O)[C@@H]([C@H](O)[C@H](O)CO)N(CCCl)CCCl. The van der Waals surface area contributed by atoms with Crippen molar-refractivity contribution in [2.75, 3.05) is 31.5 Å². The molecule has 0 aliphatic rings. The van der Waals surface area contributed by atoms with Gasteiger partial charge in [0.15, 0.2) is 0 Å². The molecule has 0 bridgehead atoms. The fourth-order valence-electron chi connectivity index (χ4n) is 1.68. The minimum Gasteiger partial charge on any atom is -0.412 e. The fourth-order valence-corrected chi connectivity index (χ4v) is 2.11. The van der Waals surface area contributed by atoms with Crippen molar-refractivity contribution < 1.29 is 30.7 Å². The van der Waals surface area contributed by atoms with Crippen LogP contribution in [0.4, 0.5) is 0 Å². The van der Waals surface area contributed by atoms with Crippen LogP contribution in [0.3, 0.4) is 0 Å². The Hall–Kier alpha value is 0.300. The Balaban J connectivity index is -0.00000144. The minimum absolute atomic E-state index is 0. The molecule has 7 nitrogen and oxygen atoms in total. The molecule has 0 amide bonds. The molecule has 0 aromatic rings. The van der Waals surface area contributed by atoms with Crippen molar-refractivity contribution in [1.29, 1.82) is 0 Å². The number of nitrogens with zero attached hydrogens (tertiary/aromatic N) is 1. The molecule has 0 aromatic carbocycles. The Morgan fingerprint density at radius 1 is 1.10 bits per heavy atom. The zero-order valence-corrected chi connectivity index (χ0v) is 13.1. The van der Waals surface area contributed by atoms with Crippen LogP contribution in [0.2, 0.25) is 0 Å². The summed E-state index contributed by atoms with van der Waals surface area (Å²) in [6, 6.07) is -1.07. The molecule has 0 unspecified atom stereocenters. The molecule has 0 saturated heterocycles. The van der Waals surface area contributed by atoms with Crippen LogP contribution in [-0.4, -0.2) is 92.9 Å². The maximum absolute atomic E-state index is 10.7. The van der Waals surface area contributed by atoms with Gasteiger partial charge in [-0.2, -0.15) is 0 Å². The first kappa shape index (κ1) is 25.3. The molecule has 0 aliphatic carbocycles. The van der Waals surface area contributed by atoms with Crippen molar-refractivity contribution in [3.63, 3.8) is 0 Å². The number of aldehydes is 1. The summed E-state index contributed by atoms with van der Waals surface area (Å²) >= 11 is 11.2. The largest absolute Gasteiger partial charge is 0.412 e. The van der Waals surface area contributed by atoms with Gasteiger partial charge in [0, 0.05) is 24.8 Å². The van der Waals surface area contributed by atoms with Crippen LogP contribution in [0, 0.1) is 0 Å². The average Bonchev–Trinajstić information content (AvgIpc) is 2.38. The van der Waals surface area contributed by atoms with Gasteiger partial charge in [0.05, 0.1) is 12.6 Å². The molecule has 0 radical (unpaired) electrons. The second-order valence-corrected chi connectivity index (χ2v) is 4.53. The molecule has 20 heavy (non-hydrogen) atoms. The quantitative estimate of drug-likeness (QED) is 0.264. The van der Waals surface area contributed by atoms with Crippen molar-refractivity contribution in [2.24, 2.45) is 0 Å². The predicted molar refractivity (Wildman–Crippen MR) is 78.8 cm³/mol. The molecule has 0 aliphatic heterocycles. The van der Waals surface area contributed by atoms with Crippen molar-refractivity contribution >= 4 is 41.9 Å². The number of alkyl halides is 2. The summed E-state index contributed by atoms with van der Waals surface area (Å²) in [5.74, 6) is 0.418. The van der Waals surface area contributed by atoms with E-state index in [9.17, 15) is 20.1 Å². The summed E-state index contributed by atoms with van der Waals surface area (Å²) in [4.78, 5) is 12.2. The third-order valence-electron chi connectivity index (χ3n) is 2.59. The molecular weight excluding hydrogens is 336 g/mol. The van der Waals surface area contributed by atoms with Gasteiger partial charge < -0.3 is 30.7 Å². The summed E-state index contributed by atoms with van der Waals surface area (Å²) in [5, 5.41) is 37.7. The van der Waals surface area contributed by atoms with E-state index < -0.39 is 31.0 Å². The number of carbonyl (C=O) groups is 1. The number of aliphatic hydroxyl groups is 4. The monoisotopic (exact) mass is 357 g/mol. The second kappa shape index (κ2) is 14.2. The fraction of sp³-hybridized carbons (Fsp3) is 0.900. The van der Waals surface area contributed by atoms with Crippen LogP contribution in [0.15, 0.2) is 0 Å². The molecule has 6 N–H and O–H groups in total. The maximum atomic E-state index is 10.7. The molecular formula is C10H22Cl3NO6. The lowest BCUT2D eigenvalue weighted by atomic mass is 9.99. The molecule has 0 saturated carbocycles. The van der Waals surface area contributed by atoms with E-state index in [-0.39, 0.29) is 49.0 Å². The molecule has 124 valence electrons. The first-order valence-corrected chi connectivity index (χ1v) is 6.56.